The van der Waals surface area contributed by atoms with Crippen molar-refractivity contribution in [3.63, 3.8) is 0 Å². The third-order valence-electron chi connectivity index (χ3n) is 5.61. The van der Waals surface area contributed by atoms with E-state index in [1.807, 2.05) is 0 Å². The number of rotatable bonds is 4. The van der Waals surface area contributed by atoms with Crippen LogP contribution in [0.2, 0.25) is 0 Å². The number of carbonyl (C=O) groups excluding carboxylic acids is 1. The van der Waals surface area contributed by atoms with Gasteiger partial charge in [-0.2, -0.15) is 0 Å². The Hall–Kier alpha value is -3.65. The fraction of sp³-hybridized carbons (Fsp3) is 0.381. The van der Waals surface area contributed by atoms with Crippen molar-refractivity contribution >= 4 is 5.78 Å². The summed E-state index contributed by atoms with van der Waals surface area (Å²) in [7, 11) is 1.27. The lowest BCUT2D eigenvalue weighted by atomic mass is 9.94. The Balaban J connectivity index is 1.73. The SMILES string of the molecule is COc1cc(O)c([C@@H]2CC(=O)c3c(O)c(O)c(O[C@@H]4OC[C@@H](O)[C@H](O)[C@H]4O)c(O)c3O2)cc1O. The number of Topliss-reactive ketones (excluding diaryl/α,β-unsaturated/α-hetero) is 1. The number of phenolic OH excluding ortho intramolecular Hbond substituents is 5. The van der Waals surface area contributed by atoms with Gasteiger partial charge in [-0.1, -0.05) is 0 Å². The summed E-state index contributed by atoms with van der Waals surface area (Å²) >= 11 is 0. The van der Waals surface area contributed by atoms with E-state index in [4.69, 9.17) is 18.9 Å². The molecule has 0 aromatic heterocycles. The fourth-order valence-electron chi connectivity index (χ4n) is 3.77. The molecule has 2 aliphatic rings. The first-order valence-electron chi connectivity index (χ1n) is 9.98. The van der Waals surface area contributed by atoms with E-state index in [9.17, 15) is 45.6 Å². The average Bonchev–Trinajstić information content (AvgIpc) is 2.80. The van der Waals surface area contributed by atoms with Crippen molar-refractivity contribution in [2.45, 2.75) is 37.1 Å². The molecule has 5 atom stereocenters. The van der Waals surface area contributed by atoms with E-state index in [1.165, 1.54) is 7.11 Å². The van der Waals surface area contributed by atoms with Crippen LogP contribution in [-0.4, -0.2) is 85.0 Å². The molecule has 0 saturated carbocycles. The van der Waals surface area contributed by atoms with Gasteiger partial charge >= 0.3 is 0 Å². The van der Waals surface area contributed by atoms with Gasteiger partial charge in [0, 0.05) is 11.6 Å². The number of aliphatic hydroxyl groups is 3. The molecule has 0 spiro atoms. The van der Waals surface area contributed by atoms with Crippen LogP contribution in [0.1, 0.15) is 28.4 Å². The van der Waals surface area contributed by atoms with Crippen molar-refractivity contribution < 1.29 is 64.6 Å². The standard InChI is InChI=1S/C21H22O13/c1-31-12-3-7(22)6(2-8(12)23)11-4-9(24)13-15(27)16(28)20(18(30)19(13)33-11)34-21-17(29)14(26)10(25)5-32-21/h2-3,10-11,14,17,21-23,25-30H,4-5H2,1H3/t10-,11+,14+,17-,21+/m1/s1. The van der Waals surface area contributed by atoms with Crippen molar-refractivity contribution in [2.75, 3.05) is 13.7 Å². The highest BCUT2D eigenvalue weighted by molar-refractivity contribution is 6.05. The Morgan fingerprint density at radius 3 is 2.32 bits per heavy atom. The normalized spacial score (nSPS) is 26.5. The molecule has 0 radical (unpaired) electrons. The van der Waals surface area contributed by atoms with E-state index in [0.29, 0.717) is 0 Å². The Bertz CT molecular complexity index is 1130. The molecule has 0 bridgehead atoms. The van der Waals surface area contributed by atoms with Crippen LogP contribution in [-0.2, 0) is 4.74 Å². The van der Waals surface area contributed by atoms with E-state index in [0.717, 1.165) is 12.1 Å². The van der Waals surface area contributed by atoms with Crippen molar-refractivity contribution in [1.29, 1.82) is 0 Å². The van der Waals surface area contributed by atoms with Gasteiger partial charge in [0.25, 0.3) is 0 Å². The number of hydrogen-bond acceptors (Lipinski definition) is 13. The summed E-state index contributed by atoms with van der Waals surface area (Å²) < 4.78 is 20.8. The maximum atomic E-state index is 12.7. The van der Waals surface area contributed by atoms with Gasteiger partial charge in [-0.15, -0.1) is 0 Å². The van der Waals surface area contributed by atoms with Gasteiger partial charge in [0.1, 0.15) is 35.7 Å². The molecule has 0 aliphatic carbocycles. The molecule has 1 saturated heterocycles. The summed E-state index contributed by atoms with van der Waals surface area (Å²) in [5, 5.41) is 81.2. The second-order valence-electron chi connectivity index (χ2n) is 7.76. The summed E-state index contributed by atoms with van der Waals surface area (Å²) in [6.07, 6.45) is -8.21. The van der Waals surface area contributed by atoms with E-state index >= 15 is 0 Å². The number of ether oxygens (including phenoxy) is 4. The molecule has 4 rings (SSSR count). The molecule has 13 heteroatoms. The van der Waals surface area contributed by atoms with E-state index in [-0.39, 0.29) is 22.8 Å². The molecule has 8 N–H and O–H groups in total. The summed E-state index contributed by atoms with van der Waals surface area (Å²) in [6.45, 7) is -0.446. The third-order valence-corrected chi connectivity index (χ3v) is 5.61. The molecule has 34 heavy (non-hydrogen) atoms. The second kappa shape index (κ2) is 8.61. The number of phenols is 5. The third kappa shape index (κ3) is 3.74. The van der Waals surface area contributed by atoms with Crippen LogP contribution in [0.15, 0.2) is 12.1 Å². The number of aliphatic hydroxyl groups excluding tert-OH is 3. The van der Waals surface area contributed by atoms with E-state index < -0.39 is 83.8 Å². The lowest BCUT2D eigenvalue weighted by Gasteiger charge is -2.35. The quantitative estimate of drug-likeness (QED) is 0.209. The van der Waals surface area contributed by atoms with Crippen LogP contribution in [0, 0.1) is 0 Å². The summed E-state index contributed by atoms with van der Waals surface area (Å²) in [4.78, 5) is 12.7. The molecule has 2 aromatic rings. The Morgan fingerprint density at radius 1 is 0.941 bits per heavy atom. The Morgan fingerprint density at radius 2 is 1.65 bits per heavy atom. The summed E-state index contributed by atoms with van der Waals surface area (Å²) in [5.41, 5.74) is -0.591. The average molecular weight is 482 g/mol. The van der Waals surface area contributed by atoms with Crippen LogP contribution in [0.3, 0.4) is 0 Å². The molecular formula is C21H22O13. The maximum absolute atomic E-state index is 12.7. The number of methoxy groups -OCH3 is 1. The topological polar surface area (TPSA) is 216 Å². The Kier molecular flexibility index (Phi) is 5.95. The van der Waals surface area contributed by atoms with Crippen LogP contribution >= 0.6 is 0 Å². The number of hydrogen-bond donors (Lipinski definition) is 8. The predicted molar refractivity (Wildman–Crippen MR) is 108 cm³/mol. The van der Waals surface area contributed by atoms with Crippen LogP contribution in [0.25, 0.3) is 0 Å². The molecule has 2 aromatic carbocycles. The molecule has 1 fully saturated rings. The van der Waals surface area contributed by atoms with Crippen molar-refractivity contribution in [1.82, 2.24) is 0 Å². The second-order valence-corrected chi connectivity index (χ2v) is 7.76. The van der Waals surface area contributed by atoms with Gasteiger partial charge < -0.3 is 59.8 Å². The van der Waals surface area contributed by atoms with Crippen molar-refractivity contribution in [2.24, 2.45) is 0 Å². The van der Waals surface area contributed by atoms with Crippen LogP contribution < -0.4 is 14.2 Å². The van der Waals surface area contributed by atoms with E-state index in [1.54, 1.807) is 0 Å². The van der Waals surface area contributed by atoms with Crippen molar-refractivity contribution in [3.05, 3.63) is 23.3 Å². The highest BCUT2D eigenvalue weighted by Crippen LogP contribution is 2.56. The van der Waals surface area contributed by atoms with Crippen LogP contribution in [0.4, 0.5) is 0 Å². The monoisotopic (exact) mass is 482 g/mol. The summed E-state index contributed by atoms with van der Waals surface area (Å²) in [5.74, 6) is -5.99. The summed E-state index contributed by atoms with van der Waals surface area (Å²) in [6, 6.07) is 2.20. The molecule has 0 unspecified atom stereocenters. The fourth-order valence-corrected chi connectivity index (χ4v) is 3.77. The molecule has 0 amide bonds. The lowest BCUT2D eigenvalue weighted by molar-refractivity contribution is -0.242. The number of carbonyl (C=O) groups is 1. The van der Waals surface area contributed by atoms with E-state index in [2.05, 4.69) is 0 Å². The van der Waals surface area contributed by atoms with Gasteiger partial charge in [0.05, 0.1) is 20.1 Å². The first-order valence-corrected chi connectivity index (χ1v) is 9.98. The Labute approximate surface area is 191 Å². The molecule has 184 valence electrons. The highest BCUT2D eigenvalue weighted by atomic mass is 16.7. The van der Waals surface area contributed by atoms with Gasteiger partial charge in [0.2, 0.25) is 23.5 Å². The van der Waals surface area contributed by atoms with Gasteiger partial charge in [0.15, 0.2) is 28.8 Å². The van der Waals surface area contributed by atoms with Gasteiger partial charge in [-0.25, -0.2) is 0 Å². The number of aromatic hydroxyl groups is 5. The zero-order valence-corrected chi connectivity index (χ0v) is 17.6. The highest BCUT2D eigenvalue weighted by Gasteiger charge is 2.42. The first kappa shape index (κ1) is 23.5. The molecular weight excluding hydrogens is 460 g/mol. The lowest BCUT2D eigenvalue weighted by Crippen LogP contribution is -2.54. The minimum atomic E-state index is -1.80. The largest absolute Gasteiger partial charge is 0.507 e. The minimum Gasteiger partial charge on any atom is -0.507 e. The van der Waals surface area contributed by atoms with Gasteiger partial charge in [-0.3, -0.25) is 4.79 Å². The minimum absolute atomic E-state index is 0.0325. The zero-order chi connectivity index (χ0) is 24.9. The molecule has 2 aliphatic heterocycles. The first-order chi connectivity index (χ1) is 16.0. The predicted octanol–water partition coefficient (Wildman–Crippen LogP) is -0.253. The maximum Gasteiger partial charge on any atom is 0.229 e. The number of fused-ring (bicyclic) bond motifs is 1. The molecule has 2 heterocycles. The molecule has 13 nitrogen and oxygen atoms in total. The number of benzene rings is 2. The number of ketones is 1. The van der Waals surface area contributed by atoms with Gasteiger partial charge in [-0.05, 0) is 6.07 Å². The smallest absolute Gasteiger partial charge is 0.229 e. The van der Waals surface area contributed by atoms with Crippen LogP contribution in [0.5, 0.6) is 46.0 Å². The zero-order valence-electron chi connectivity index (χ0n) is 17.6. The van der Waals surface area contributed by atoms with Crippen molar-refractivity contribution in [3.8, 4) is 46.0 Å².